The van der Waals surface area contributed by atoms with Crippen LogP contribution in [0.3, 0.4) is 0 Å². The van der Waals surface area contributed by atoms with E-state index in [1.807, 2.05) is 4.90 Å². The van der Waals surface area contributed by atoms with E-state index in [1.54, 1.807) is 0 Å². The number of aromatic nitrogens is 1. The lowest BCUT2D eigenvalue weighted by Crippen LogP contribution is -2.44. The van der Waals surface area contributed by atoms with Crippen molar-refractivity contribution in [3.63, 3.8) is 0 Å². The largest absolute Gasteiger partial charge is 0.382 e. The zero-order valence-corrected chi connectivity index (χ0v) is 13.5. The molecular weight excluding hydrogens is 286 g/mol. The molecule has 1 atom stereocenters. The van der Waals surface area contributed by atoms with Crippen LogP contribution >= 0.6 is 11.3 Å². The number of carbonyl (C=O) groups is 1. The smallest absolute Gasteiger partial charge is 0.268 e. The molecule has 3 rings (SSSR count). The molecule has 21 heavy (non-hydrogen) atoms. The third kappa shape index (κ3) is 2.85. The number of anilines is 2. The van der Waals surface area contributed by atoms with Crippen molar-refractivity contribution >= 4 is 28.2 Å². The summed E-state index contributed by atoms with van der Waals surface area (Å²) in [6.07, 6.45) is 2.16. The molecule has 7 heteroatoms. The van der Waals surface area contributed by atoms with E-state index in [1.165, 1.54) is 11.3 Å². The summed E-state index contributed by atoms with van der Waals surface area (Å²) in [4.78, 5) is 24.1. The Bertz CT molecular complexity index is 523. The molecular formula is C14H23N5OS. The van der Waals surface area contributed by atoms with Gasteiger partial charge in [-0.3, -0.25) is 4.79 Å². The van der Waals surface area contributed by atoms with Crippen LogP contribution < -0.4 is 10.6 Å². The van der Waals surface area contributed by atoms with Crippen molar-refractivity contribution in [2.75, 3.05) is 50.4 Å². The number of likely N-dealkylation sites (tertiary alicyclic amines) is 1. The van der Waals surface area contributed by atoms with Crippen molar-refractivity contribution in [3.05, 3.63) is 4.88 Å². The van der Waals surface area contributed by atoms with Gasteiger partial charge in [0.2, 0.25) is 0 Å². The van der Waals surface area contributed by atoms with Crippen LogP contribution in [-0.2, 0) is 0 Å². The molecule has 1 amide bonds. The number of hydrogen-bond donors (Lipinski definition) is 1. The molecule has 0 aliphatic carbocycles. The van der Waals surface area contributed by atoms with Gasteiger partial charge in [-0.2, -0.15) is 0 Å². The number of rotatable bonds is 2. The predicted octanol–water partition coefficient (Wildman–Crippen LogP) is 1.10. The minimum atomic E-state index is 0.0513. The van der Waals surface area contributed by atoms with Crippen LogP contribution in [0.1, 0.15) is 29.4 Å². The number of amides is 1. The molecule has 0 bridgehead atoms. The number of nitrogens with zero attached hydrogens (tertiary/aromatic N) is 4. The summed E-state index contributed by atoms with van der Waals surface area (Å²) in [5, 5.41) is 0.885. The summed E-state index contributed by atoms with van der Waals surface area (Å²) in [5.41, 5.74) is 6.00. The number of piperazine rings is 1. The third-order valence-electron chi connectivity index (χ3n) is 4.42. The molecule has 116 valence electrons. The molecule has 0 spiro atoms. The summed E-state index contributed by atoms with van der Waals surface area (Å²) in [7, 11) is 2.12. The number of likely N-dealkylation sites (N-methyl/N-ethyl adjacent to an activating group) is 1. The molecule has 2 aliphatic rings. The normalized spacial score (nSPS) is 23.8. The second-order valence-corrected chi connectivity index (χ2v) is 6.97. The molecule has 6 nitrogen and oxygen atoms in total. The van der Waals surface area contributed by atoms with Gasteiger partial charge in [0.15, 0.2) is 5.13 Å². The summed E-state index contributed by atoms with van der Waals surface area (Å²) in [6, 6.07) is 0.311. The van der Waals surface area contributed by atoms with E-state index >= 15 is 0 Å². The van der Waals surface area contributed by atoms with Crippen LogP contribution in [0.15, 0.2) is 0 Å². The number of hydrogen-bond acceptors (Lipinski definition) is 6. The minimum absolute atomic E-state index is 0.0513. The third-order valence-corrected chi connectivity index (χ3v) is 5.54. The first kappa shape index (κ1) is 14.6. The van der Waals surface area contributed by atoms with Gasteiger partial charge in [-0.25, -0.2) is 4.98 Å². The van der Waals surface area contributed by atoms with Crippen molar-refractivity contribution in [1.82, 2.24) is 14.8 Å². The standard InChI is InChI=1S/C14H23N5OS/c1-10-4-3-5-19(10)13(20)11-12(15)16-14(21-11)18-8-6-17(2)7-9-18/h10H,3-9,15H2,1-2H3. The van der Waals surface area contributed by atoms with Gasteiger partial charge in [-0.1, -0.05) is 11.3 Å². The number of carbonyl (C=O) groups excluding carboxylic acids is 1. The molecule has 0 aromatic carbocycles. The van der Waals surface area contributed by atoms with E-state index in [9.17, 15) is 4.79 Å². The van der Waals surface area contributed by atoms with Crippen LogP contribution in [0.5, 0.6) is 0 Å². The van der Waals surface area contributed by atoms with Gasteiger partial charge >= 0.3 is 0 Å². The molecule has 1 aromatic rings. The van der Waals surface area contributed by atoms with Gasteiger partial charge in [0, 0.05) is 38.8 Å². The average molecular weight is 309 g/mol. The highest BCUT2D eigenvalue weighted by Gasteiger charge is 2.30. The SMILES string of the molecule is CC1CCCN1C(=O)c1sc(N2CCN(C)CC2)nc1N. The van der Waals surface area contributed by atoms with E-state index < -0.39 is 0 Å². The summed E-state index contributed by atoms with van der Waals surface area (Å²) in [5.74, 6) is 0.438. The fourth-order valence-corrected chi connectivity index (χ4v) is 3.96. The van der Waals surface area contributed by atoms with Gasteiger partial charge in [0.25, 0.3) is 5.91 Å². The fraction of sp³-hybridized carbons (Fsp3) is 0.714. The first-order chi connectivity index (χ1) is 10.1. The van der Waals surface area contributed by atoms with Crippen molar-refractivity contribution in [2.24, 2.45) is 0 Å². The van der Waals surface area contributed by atoms with Crippen LogP contribution in [0.2, 0.25) is 0 Å². The van der Waals surface area contributed by atoms with Crippen molar-refractivity contribution < 1.29 is 4.79 Å². The molecule has 0 saturated carbocycles. The lowest BCUT2D eigenvalue weighted by Gasteiger charge is -2.32. The maximum atomic E-state index is 12.6. The molecule has 0 radical (unpaired) electrons. The van der Waals surface area contributed by atoms with E-state index in [2.05, 4.69) is 28.8 Å². The maximum absolute atomic E-state index is 12.6. The second kappa shape index (κ2) is 5.81. The summed E-state index contributed by atoms with van der Waals surface area (Å²) >= 11 is 1.44. The monoisotopic (exact) mass is 309 g/mol. The highest BCUT2D eigenvalue weighted by atomic mass is 32.1. The van der Waals surface area contributed by atoms with E-state index in [-0.39, 0.29) is 5.91 Å². The molecule has 1 unspecified atom stereocenters. The van der Waals surface area contributed by atoms with Gasteiger partial charge in [-0.05, 0) is 26.8 Å². The lowest BCUT2D eigenvalue weighted by molar-refractivity contribution is 0.0753. The Kier molecular flexibility index (Phi) is 4.03. The Morgan fingerprint density at radius 1 is 1.29 bits per heavy atom. The number of nitrogen functional groups attached to an aromatic ring is 1. The minimum Gasteiger partial charge on any atom is -0.382 e. The van der Waals surface area contributed by atoms with Crippen LogP contribution in [0.25, 0.3) is 0 Å². The highest BCUT2D eigenvalue weighted by molar-refractivity contribution is 7.18. The van der Waals surface area contributed by atoms with E-state index in [0.717, 1.165) is 50.7 Å². The Labute approximate surface area is 129 Å². The molecule has 2 saturated heterocycles. The first-order valence-corrected chi connectivity index (χ1v) is 8.38. The zero-order valence-electron chi connectivity index (χ0n) is 12.7. The van der Waals surface area contributed by atoms with Crippen molar-refractivity contribution in [3.8, 4) is 0 Å². The van der Waals surface area contributed by atoms with Gasteiger partial charge in [-0.15, -0.1) is 0 Å². The second-order valence-electron chi connectivity index (χ2n) is 5.99. The van der Waals surface area contributed by atoms with Crippen LogP contribution in [0.4, 0.5) is 10.9 Å². The maximum Gasteiger partial charge on any atom is 0.268 e. The Balaban J connectivity index is 1.76. The molecule has 3 heterocycles. The van der Waals surface area contributed by atoms with E-state index in [4.69, 9.17) is 5.73 Å². The number of nitrogens with two attached hydrogens (primary N) is 1. The Morgan fingerprint density at radius 2 is 2.00 bits per heavy atom. The molecule has 2 aliphatic heterocycles. The summed E-state index contributed by atoms with van der Waals surface area (Å²) in [6.45, 7) is 6.86. The van der Waals surface area contributed by atoms with Crippen LogP contribution in [-0.4, -0.2) is 66.5 Å². The first-order valence-electron chi connectivity index (χ1n) is 7.57. The zero-order chi connectivity index (χ0) is 15.0. The van der Waals surface area contributed by atoms with Crippen molar-refractivity contribution in [2.45, 2.75) is 25.8 Å². The Hall–Kier alpha value is -1.34. The van der Waals surface area contributed by atoms with Gasteiger partial charge in [0.1, 0.15) is 10.7 Å². The van der Waals surface area contributed by atoms with Crippen LogP contribution in [0, 0.1) is 0 Å². The topological polar surface area (TPSA) is 65.7 Å². The van der Waals surface area contributed by atoms with E-state index in [0.29, 0.717) is 16.7 Å². The summed E-state index contributed by atoms with van der Waals surface area (Å²) < 4.78 is 0. The molecule has 2 fully saturated rings. The number of thiazole rings is 1. The predicted molar refractivity (Wildman–Crippen MR) is 86.0 cm³/mol. The molecule has 2 N–H and O–H groups in total. The average Bonchev–Trinajstić information content (AvgIpc) is 3.05. The highest BCUT2D eigenvalue weighted by Crippen LogP contribution is 2.31. The van der Waals surface area contributed by atoms with Crippen molar-refractivity contribution in [1.29, 1.82) is 0 Å². The fourth-order valence-electron chi connectivity index (χ4n) is 2.97. The quantitative estimate of drug-likeness (QED) is 0.886. The molecule has 1 aromatic heterocycles. The Morgan fingerprint density at radius 3 is 2.62 bits per heavy atom. The van der Waals surface area contributed by atoms with Gasteiger partial charge < -0.3 is 20.4 Å². The lowest BCUT2D eigenvalue weighted by atomic mass is 10.2. The van der Waals surface area contributed by atoms with Gasteiger partial charge in [0.05, 0.1) is 0 Å².